The Morgan fingerprint density at radius 1 is 1.47 bits per heavy atom. The first-order chi connectivity index (χ1) is 7.17. The number of carbonyl (C=O) groups is 2. The van der Waals surface area contributed by atoms with E-state index < -0.39 is 11.7 Å². The van der Waals surface area contributed by atoms with E-state index in [4.69, 9.17) is 5.26 Å². The summed E-state index contributed by atoms with van der Waals surface area (Å²) in [5, 5.41) is 11.0. The Labute approximate surface area is 87.5 Å². The van der Waals surface area contributed by atoms with Crippen LogP contribution in [0.3, 0.4) is 0 Å². The number of hydrogen-bond donors (Lipinski definition) is 1. The van der Waals surface area contributed by atoms with Crippen molar-refractivity contribution in [3.05, 3.63) is 29.8 Å². The highest BCUT2D eigenvalue weighted by Gasteiger charge is 2.10. The zero-order valence-electron chi connectivity index (χ0n) is 8.28. The van der Waals surface area contributed by atoms with E-state index in [1.807, 2.05) is 6.07 Å². The molecule has 1 rings (SSSR count). The summed E-state index contributed by atoms with van der Waals surface area (Å²) >= 11 is 0. The van der Waals surface area contributed by atoms with E-state index in [9.17, 15) is 9.59 Å². The van der Waals surface area contributed by atoms with Gasteiger partial charge in [-0.25, -0.2) is 0 Å². The normalized spacial score (nSPS) is 9.07. The van der Waals surface area contributed by atoms with Crippen molar-refractivity contribution in [3.63, 3.8) is 0 Å². The van der Waals surface area contributed by atoms with Gasteiger partial charge in [-0.2, -0.15) is 5.26 Å². The number of anilines is 1. The third-order valence-electron chi connectivity index (χ3n) is 1.82. The van der Waals surface area contributed by atoms with Gasteiger partial charge in [0, 0.05) is 12.1 Å². The topological polar surface area (TPSA) is 70.0 Å². The molecule has 1 amide bonds. The second kappa shape index (κ2) is 4.91. The maximum atomic E-state index is 11.2. The number of carbonyl (C=O) groups excluding carboxylic acids is 2. The molecule has 0 saturated carbocycles. The minimum absolute atomic E-state index is 0.170. The number of nitriles is 1. The van der Waals surface area contributed by atoms with E-state index in [1.165, 1.54) is 6.07 Å². The number of ketones is 1. The molecule has 15 heavy (non-hydrogen) atoms. The molecule has 0 atom stereocenters. The molecule has 4 heteroatoms. The summed E-state index contributed by atoms with van der Waals surface area (Å²) in [4.78, 5) is 22.2. The van der Waals surface area contributed by atoms with Crippen molar-refractivity contribution in [1.29, 1.82) is 5.26 Å². The van der Waals surface area contributed by atoms with Crippen molar-refractivity contribution in [3.8, 4) is 6.07 Å². The third-order valence-corrected chi connectivity index (χ3v) is 1.82. The fourth-order valence-corrected chi connectivity index (χ4v) is 1.03. The van der Waals surface area contributed by atoms with Crippen molar-refractivity contribution >= 4 is 17.4 Å². The van der Waals surface area contributed by atoms with E-state index >= 15 is 0 Å². The third kappa shape index (κ3) is 2.92. The van der Waals surface area contributed by atoms with Crippen molar-refractivity contribution in [2.24, 2.45) is 0 Å². The molecular formula is C11H10N2O2. The van der Waals surface area contributed by atoms with Crippen LogP contribution in [0.4, 0.5) is 5.69 Å². The van der Waals surface area contributed by atoms with Gasteiger partial charge in [0.1, 0.15) is 0 Å². The molecule has 0 fully saturated rings. The Hall–Kier alpha value is -2.15. The summed E-state index contributed by atoms with van der Waals surface area (Å²) in [6.45, 7) is 1.62. The average molecular weight is 202 g/mol. The van der Waals surface area contributed by atoms with Gasteiger partial charge in [0.25, 0.3) is 5.91 Å². The molecule has 0 unspecified atom stereocenters. The summed E-state index contributed by atoms with van der Waals surface area (Å²) in [5.74, 6) is -1.12. The van der Waals surface area contributed by atoms with Gasteiger partial charge in [-0.1, -0.05) is 13.0 Å². The maximum absolute atomic E-state index is 11.2. The minimum Gasteiger partial charge on any atom is -0.319 e. The summed E-state index contributed by atoms with van der Waals surface area (Å²) in [6, 6.07) is 8.35. The number of hydrogen-bond acceptors (Lipinski definition) is 3. The van der Waals surface area contributed by atoms with E-state index in [1.54, 1.807) is 25.1 Å². The molecule has 4 nitrogen and oxygen atoms in total. The van der Waals surface area contributed by atoms with E-state index in [-0.39, 0.29) is 6.42 Å². The molecule has 76 valence electrons. The highest BCUT2D eigenvalue weighted by Crippen LogP contribution is 2.09. The van der Waals surface area contributed by atoms with Gasteiger partial charge < -0.3 is 5.32 Å². The van der Waals surface area contributed by atoms with Crippen molar-refractivity contribution < 1.29 is 9.59 Å². The SMILES string of the molecule is CCC(=O)C(=O)Nc1cccc(C#N)c1. The fourth-order valence-electron chi connectivity index (χ4n) is 1.03. The van der Waals surface area contributed by atoms with Crippen LogP contribution < -0.4 is 5.32 Å². The molecule has 0 aliphatic heterocycles. The van der Waals surface area contributed by atoms with Crippen LogP contribution in [0.5, 0.6) is 0 Å². The number of Topliss-reactive ketones (excluding diaryl/α,β-unsaturated/α-hetero) is 1. The average Bonchev–Trinajstić information content (AvgIpc) is 2.28. The Bertz CT molecular complexity index is 432. The molecule has 0 radical (unpaired) electrons. The molecule has 0 saturated heterocycles. The van der Waals surface area contributed by atoms with Crippen LogP contribution in [-0.2, 0) is 9.59 Å². The van der Waals surface area contributed by atoms with Gasteiger partial charge in [-0.15, -0.1) is 0 Å². The van der Waals surface area contributed by atoms with Crippen molar-refractivity contribution in [1.82, 2.24) is 0 Å². The zero-order valence-corrected chi connectivity index (χ0v) is 8.28. The molecule has 0 spiro atoms. The predicted octanol–water partition coefficient (Wildman–Crippen LogP) is 1.48. The molecule has 1 aromatic carbocycles. The maximum Gasteiger partial charge on any atom is 0.291 e. The smallest absolute Gasteiger partial charge is 0.291 e. The van der Waals surface area contributed by atoms with E-state index in [2.05, 4.69) is 5.32 Å². The molecule has 0 aliphatic rings. The number of nitrogens with zero attached hydrogens (tertiary/aromatic N) is 1. The zero-order chi connectivity index (χ0) is 11.3. The lowest BCUT2D eigenvalue weighted by molar-refractivity contribution is -0.134. The first-order valence-corrected chi connectivity index (χ1v) is 4.51. The first kappa shape index (κ1) is 10.9. The van der Waals surface area contributed by atoms with E-state index in [0.717, 1.165) is 0 Å². The molecule has 0 bridgehead atoms. The van der Waals surface area contributed by atoms with Crippen LogP contribution in [0.25, 0.3) is 0 Å². The molecular weight excluding hydrogens is 192 g/mol. The van der Waals surface area contributed by atoms with Gasteiger partial charge in [0.05, 0.1) is 11.6 Å². The van der Waals surface area contributed by atoms with Gasteiger partial charge in [-0.3, -0.25) is 9.59 Å². The second-order valence-electron chi connectivity index (χ2n) is 2.92. The Morgan fingerprint density at radius 3 is 2.80 bits per heavy atom. The predicted molar refractivity (Wildman–Crippen MR) is 55.1 cm³/mol. The van der Waals surface area contributed by atoms with Gasteiger partial charge in [0.2, 0.25) is 5.78 Å². The van der Waals surface area contributed by atoms with E-state index in [0.29, 0.717) is 11.3 Å². The molecule has 0 aliphatic carbocycles. The fraction of sp³-hybridized carbons (Fsp3) is 0.182. The quantitative estimate of drug-likeness (QED) is 0.754. The largest absolute Gasteiger partial charge is 0.319 e. The minimum atomic E-state index is -0.646. The van der Waals surface area contributed by atoms with Gasteiger partial charge >= 0.3 is 0 Å². The highest BCUT2D eigenvalue weighted by atomic mass is 16.2. The molecule has 0 aromatic heterocycles. The van der Waals surface area contributed by atoms with Gasteiger partial charge in [0.15, 0.2) is 0 Å². The molecule has 1 aromatic rings. The Morgan fingerprint density at radius 2 is 2.20 bits per heavy atom. The number of amides is 1. The lowest BCUT2D eigenvalue weighted by Gasteiger charge is -2.02. The van der Waals surface area contributed by atoms with Crippen LogP contribution in [0.15, 0.2) is 24.3 Å². The number of rotatable bonds is 3. The lowest BCUT2D eigenvalue weighted by Crippen LogP contribution is -2.21. The monoisotopic (exact) mass is 202 g/mol. The second-order valence-corrected chi connectivity index (χ2v) is 2.92. The number of nitrogens with one attached hydrogen (secondary N) is 1. The summed E-state index contributed by atoms with van der Waals surface area (Å²) < 4.78 is 0. The Kier molecular flexibility index (Phi) is 3.58. The van der Waals surface area contributed by atoms with Crippen LogP contribution in [0.1, 0.15) is 18.9 Å². The van der Waals surface area contributed by atoms with Crippen LogP contribution in [0, 0.1) is 11.3 Å². The highest BCUT2D eigenvalue weighted by molar-refractivity contribution is 6.40. The van der Waals surface area contributed by atoms with Gasteiger partial charge in [-0.05, 0) is 18.2 Å². The number of benzene rings is 1. The summed E-state index contributed by atoms with van der Waals surface area (Å²) in [6.07, 6.45) is 0.170. The van der Waals surface area contributed by atoms with Crippen molar-refractivity contribution in [2.75, 3.05) is 5.32 Å². The van der Waals surface area contributed by atoms with Crippen LogP contribution in [-0.4, -0.2) is 11.7 Å². The molecule has 0 heterocycles. The summed E-state index contributed by atoms with van der Waals surface area (Å²) in [5.41, 5.74) is 0.901. The first-order valence-electron chi connectivity index (χ1n) is 4.51. The summed E-state index contributed by atoms with van der Waals surface area (Å²) in [7, 11) is 0. The van der Waals surface area contributed by atoms with Crippen molar-refractivity contribution in [2.45, 2.75) is 13.3 Å². The van der Waals surface area contributed by atoms with Crippen LogP contribution in [0.2, 0.25) is 0 Å². The molecule has 1 N–H and O–H groups in total. The lowest BCUT2D eigenvalue weighted by atomic mass is 10.2. The van der Waals surface area contributed by atoms with Crippen LogP contribution >= 0.6 is 0 Å². The Balaban J connectivity index is 2.77. The standard InChI is InChI=1S/C11H10N2O2/c1-2-10(14)11(15)13-9-5-3-4-8(6-9)7-12/h3-6H,2H2,1H3,(H,13,15).